The predicted molar refractivity (Wildman–Crippen MR) is 157 cm³/mol. The Morgan fingerprint density at radius 2 is 1.71 bits per heavy atom. The van der Waals surface area contributed by atoms with Crippen LogP contribution in [0.1, 0.15) is 60.4 Å². The van der Waals surface area contributed by atoms with E-state index in [1.54, 1.807) is 0 Å². The largest absolute Gasteiger partial charge is 0.744 e. The maximum Gasteiger partial charge on any atom is 0.340 e. The van der Waals surface area contributed by atoms with Crippen molar-refractivity contribution in [2.75, 3.05) is 0 Å². The summed E-state index contributed by atoms with van der Waals surface area (Å²) >= 11 is 3.87. The normalized spacial score (nSPS) is 28.9. The van der Waals surface area contributed by atoms with Crippen LogP contribution in [0.25, 0.3) is 0 Å². The van der Waals surface area contributed by atoms with Crippen molar-refractivity contribution in [2.24, 2.45) is 23.7 Å². The van der Waals surface area contributed by atoms with E-state index in [2.05, 4.69) is 0 Å². The highest BCUT2D eigenvalue weighted by Crippen LogP contribution is 2.59. The molecule has 3 aliphatic carbocycles. The molecule has 218 valence electrons. The topological polar surface area (TPSA) is 156 Å². The van der Waals surface area contributed by atoms with E-state index in [1.807, 2.05) is 45.2 Å². The molecule has 2 aromatic rings. The first kappa shape index (κ1) is 29.1. The highest BCUT2D eigenvalue weighted by atomic mass is 127. The summed E-state index contributed by atoms with van der Waals surface area (Å²) in [6.07, 6.45) is 3.25. The molecule has 4 aliphatic rings. The van der Waals surface area contributed by atoms with Crippen molar-refractivity contribution in [2.45, 2.75) is 61.5 Å². The molecule has 0 radical (unpaired) electrons. The van der Waals surface area contributed by atoms with Gasteiger partial charge in [0.1, 0.15) is 33.8 Å². The monoisotopic (exact) mass is 807 g/mol. The average molecular weight is 807 g/mol. The van der Waals surface area contributed by atoms with Gasteiger partial charge in [-0.15, -0.1) is 0 Å². The molecule has 10 nitrogen and oxygen atoms in total. The Kier molecular flexibility index (Phi) is 7.77. The van der Waals surface area contributed by atoms with Crippen molar-refractivity contribution in [3.05, 3.63) is 48.6 Å². The number of fused-ring (bicyclic) bond motifs is 1. The smallest absolute Gasteiger partial charge is 0.340 e. The van der Waals surface area contributed by atoms with Crippen LogP contribution in [0.2, 0.25) is 0 Å². The minimum Gasteiger partial charge on any atom is -0.744 e. The van der Waals surface area contributed by atoms with E-state index in [0.717, 1.165) is 32.1 Å². The number of ether oxygens (including phenoxy) is 3. The summed E-state index contributed by atoms with van der Waals surface area (Å²) in [4.78, 5) is 39.3. The van der Waals surface area contributed by atoms with Crippen LogP contribution in [0.4, 0.5) is 0 Å². The fourth-order valence-electron chi connectivity index (χ4n) is 7.14. The first-order valence-electron chi connectivity index (χ1n) is 13.3. The summed E-state index contributed by atoms with van der Waals surface area (Å²) < 4.78 is 54.1. The zero-order valence-corrected chi connectivity index (χ0v) is 26.6. The molecular weight excluding hydrogens is 782 g/mol. The van der Waals surface area contributed by atoms with E-state index < -0.39 is 58.0 Å². The number of phenolic OH excluding ortho intramolecular Hbond substituents is 1. The summed E-state index contributed by atoms with van der Waals surface area (Å²) in [5.74, 6) is -4.35. The van der Waals surface area contributed by atoms with E-state index in [9.17, 15) is 32.5 Å². The lowest BCUT2D eigenvalue weighted by Crippen LogP contribution is -2.44. The average Bonchev–Trinajstić information content (AvgIpc) is 3.52. The Bertz CT molecular complexity index is 1530. The van der Waals surface area contributed by atoms with Crippen LogP contribution in [-0.4, -0.2) is 48.2 Å². The number of carbonyl (C=O) groups is 3. The molecule has 0 spiro atoms. The van der Waals surface area contributed by atoms with Gasteiger partial charge in [0.2, 0.25) is 0 Å². The number of halogens is 2. The highest BCUT2D eigenvalue weighted by Gasteiger charge is 2.70. The van der Waals surface area contributed by atoms with Crippen molar-refractivity contribution >= 4 is 73.2 Å². The Hall–Kier alpha value is -1.98. The van der Waals surface area contributed by atoms with Gasteiger partial charge in [-0.1, -0.05) is 19.3 Å². The Labute approximate surface area is 263 Å². The Morgan fingerprint density at radius 3 is 2.37 bits per heavy atom. The molecule has 6 unspecified atom stereocenters. The fourth-order valence-corrected chi connectivity index (χ4v) is 10.1. The maximum atomic E-state index is 13.6. The minimum atomic E-state index is -4.73. The lowest BCUT2D eigenvalue weighted by Gasteiger charge is -2.30. The second-order valence-electron chi connectivity index (χ2n) is 11.1. The van der Waals surface area contributed by atoms with Crippen molar-refractivity contribution < 1.29 is 46.7 Å². The molecule has 1 N–H and O–H groups in total. The fraction of sp³-hybridized carbons (Fsp3) is 0.464. The second-order valence-corrected chi connectivity index (χ2v) is 14.8. The lowest BCUT2D eigenvalue weighted by molar-refractivity contribution is -0.149. The van der Waals surface area contributed by atoms with Crippen molar-refractivity contribution in [3.8, 4) is 11.5 Å². The zero-order chi connectivity index (χ0) is 29.2. The molecule has 4 fully saturated rings. The summed E-state index contributed by atoms with van der Waals surface area (Å²) in [5, 5.41) is 9.83. The molecule has 13 heteroatoms. The van der Waals surface area contributed by atoms with Gasteiger partial charge in [-0.25, -0.2) is 13.2 Å². The van der Waals surface area contributed by atoms with Gasteiger partial charge in [0.15, 0.2) is 0 Å². The number of carbonyl (C=O) groups excluding carboxylic acids is 3. The lowest BCUT2D eigenvalue weighted by atomic mass is 9.78. The third-order valence-electron chi connectivity index (χ3n) is 8.81. The summed E-state index contributed by atoms with van der Waals surface area (Å²) in [6.45, 7) is 0. The minimum absolute atomic E-state index is 0.0122. The predicted octanol–water partition coefficient (Wildman–Crippen LogP) is 4.49. The van der Waals surface area contributed by atoms with Gasteiger partial charge in [0.05, 0.1) is 22.3 Å². The van der Waals surface area contributed by atoms with Gasteiger partial charge >= 0.3 is 17.9 Å². The van der Waals surface area contributed by atoms with Gasteiger partial charge in [0, 0.05) is 19.0 Å². The van der Waals surface area contributed by atoms with Crippen LogP contribution >= 0.6 is 45.2 Å². The maximum absolute atomic E-state index is 13.6. The first-order chi connectivity index (χ1) is 19.4. The molecule has 41 heavy (non-hydrogen) atoms. The standard InChI is InChI=1S/C28H26I2O10S/c29-18-8-13(31)9-19(30)23(18)28(34)40-25-16-11-17-22(27(33)39-24(17)25)21(16)26(32)38-14-6-7-20(41(35,36)37)15(10-14)12-4-2-1-3-5-12/h6-10,12,16-17,21-22,24-25,31H,1-5,11H2,(H,35,36,37)/p-1. The molecule has 2 aromatic carbocycles. The summed E-state index contributed by atoms with van der Waals surface area (Å²) in [7, 11) is -4.73. The molecule has 0 amide bonds. The Balaban J connectivity index is 1.26. The quantitative estimate of drug-likeness (QED) is 0.191. The van der Waals surface area contributed by atoms with Crippen molar-refractivity contribution in [3.63, 3.8) is 0 Å². The van der Waals surface area contributed by atoms with E-state index in [0.29, 0.717) is 19.1 Å². The molecule has 6 rings (SSSR count). The molecule has 2 bridgehead atoms. The van der Waals surface area contributed by atoms with E-state index in [1.165, 1.54) is 30.3 Å². The zero-order valence-electron chi connectivity index (χ0n) is 21.5. The summed E-state index contributed by atoms with van der Waals surface area (Å²) in [5.41, 5.74) is 0.624. The van der Waals surface area contributed by atoms with Gasteiger partial charge in [-0.2, -0.15) is 0 Å². The number of rotatable bonds is 6. The Morgan fingerprint density at radius 1 is 1.02 bits per heavy atom. The van der Waals surface area contributed by atoms with Crippen LogP contribution in [0.15, 0.2) is 35.2 Å². The number of esters is 3. The molecule has 3 saturated carbocycles. The molecule has 1 aliphatic heterocycles. The highest BCUT2D eigenvalue weighted by molar-refractivity contribution is 14.1. The first-order valence-corrected chi connectivity index (χ1v) is 16.9. The second kappa shape index (κ2) is 10.9. The van der Waals surface area contributed by atoms with E-state index in [4.69, 9.17) is 14.2 Å². The number of benzene rings is 2. The van der Waals surface area contributed by atoms with Crippen LogP contribution in [0, 0.1) is 30.8 Å². The van der Waals surface area contributed by atoms with Crippen LogP contribution in [0.5, 0.6) is 11.5 Å². The van der Waals surface area contributed by atoms with E-state index in [-0.39, 0.29) is 33.8 Å². The van der Waals surface area contributed by atoms with Crippen LogP contribution < -0.4 is 4.74 Å². The number of hydrogen-bond donors (Lipinski definition) is 1. The molecule has 0 aromatic heterocycles. The molecule has 1 heterocycles. The number of phenols is 1. The van der Waals surface area contributed by atoms with Crippen LogP contribution in [0.3, 0.4) is 0 Å². The van der Waals surface area contributed by atoms with Crippen molar-refractivity contribution in [1.29, 1.82) is 0 Å². The van der Waals surface area contributed by atoms with Gasteiger partial charge in [-0.05, 0) is 106 Å². The third kappa shape index (κ3) is 5.24. The SMILES string of the molecule is O=C(OC1C2CC3C1OC(=O)C3C2C(=O)Oc1ccc(S(=O)(=O)[O-])c(C2CCCCC2)c1)c1c(I)cc(O)cc1I. The number of hydrogen-bond acceptors (Lipinski definition) is 10. The van der Waals surface area contributed by atoms with E-state index >= 15 is 0 Å². The number of aromatic hydroxyl groups is 1. The van der Waals surface area contributed by atoms with Crippen molar-refractivity contribution in [1.82, 2.24) is 0 Å². The third-order valence-corrected chi connectivity index (χ3v) is 11.4. The van der Waals surface area contributed by atoms with Crippen LogP contribution in [-0.2, 0) is 29.2 Å². The van der Waals surface area contributed by atoms with Gasteiger partial charge < -0.3 is 23.9 Å². The summed E-state index contributed by atoms with van der Waals surface area (Å²) in [6, 6.07) is 6.80. The van der Waals surface area contributed by atoms with Gasteiger partial charge in [-0.3, -0.25) is 9.59 Å². The molecular formula is C28H25I2O10S-. The molecule has 6 atom stereocenters. The molecule has 1 saturated heterocycles. The van der Waals surface area contributed by atoms with Gasteiger partial charge in [0.25, 0.3) is 0 Å².